The van der Waals surface area contributed by atoms with Crippen molar-refractivity contribution in [1.29, 1.82) is 0 Å². The van der Waals surface area contributed by atoms with Crippen molar-refractivity contribution >= 4 is 5.69 Å². The van der Waals surface area contributed by atoms with Crippen molar-refractivity contribution in [3.8, 4) is 0 Å². The normalized spacial score (nSPS) is 22.1. The van der Waals surface area contributed by atoms with Crippen molar-refractivity contribution in [2.24, 2.45) is 11.8 Å². The molecule has 1 aromatic heterocycles. The zero-order valence-corrected chi connectivity index (χ0v) is 12.5. The fourth-order valence-electron chi connectivity index (χ4n) is 3.13. The number of pyridine rings is 1. The number of nitrogens with zero attached hydrogens (tertiary/aromatic N) is 2. The Morgan fingerprint density at radius 2 is 2.20 bits per heavy atom. The van der Waals surface area contributed by atoms with Gasteiger partial charge in [0.05, 0.1) is 10.6 Å². The van der Waals surface area contributed by atoms with Crippen LogP contribution in [0.5, 0.6) is 0 Å². The van der Waals surface area contributed by atoms with Crippen molar-refractivity contribution in [3.05, 3.63) is 33.1 Å². The molecule has 2 unspecified atom stereocenters. The monoisotopic (exact) mass is 277 g/mol. The van der Waals surface area contributed by atoms with Gasteiger partial charge in [0.15, 0.2) is 0 Å². The summed E-state index contributed by atoms with van der Waals surface area (Å²) in [7, 11) is 0. The minimum Gasteiger partial charge on any atom is -0.311 e. The van der Waals surface area contributed by atoms with Crippen LogP contribution in [-0.4, -0.2) is 16.5 Å². The van der Waals surface area contributed by atoms with Gasteiger partial charge in [-0.25, -0.2) is 0 Å². The molecule has 0 aliphatic heterocycles. The van der Waals surface area contributed by atoms with Gasteiger partial charge in [0.1, 0.15) is 0 Å². The highest BCUT2D eigenvalue weighted by atomic mass is 16.6. The number of aromatic nitrogens is 1. The van der Waals surface area contributed by atoms with Crippen LogP contribution in [-0.2, 0) is 6.54 Å². The Labute approximate surface area is 119 Å². The molecule has 0 radical (unpaired) electrons. The fraction of sp³-hybridized carbons (Fsp3) is 0.667. The zero-order chi connectivity index (χ0) is 14.7. The third-order valence-electron chi connectivity index (χ3n) is 4.50. The van der Waals surface area contributed by atoms with Gasteiger partial charge in [-0.1, -0.05) is 19.8 Å². The Balaban J connectivity index is 1.99. The summed E-state index contributed by atoms with van der Waals surface area (Å²) in [5.41, 5.74) is 2.29. The molecular formula is C15H23N3O2. The standard InChI is InChI=1S/C15H23N3O2/c1-10-5-4-6-13(10)8-16-9-14-12(3)15(18(19)20)11(2)7-17-14/h7,10,13,16H,4-6,8-9H2,1-3H3. The fourth-order valence-corrected chi connectivity index (χ4v) is 3.13. The maximum Gasteiger partial charge on any atom is 0.278 e. The molecule has 1 aliphatic rings. The third kappa shape index (κ3) is 3.15. The van der Waals surface area contributed by atoms with Crippen LogP contribution in [0.3, 0.4) is 0 Å². The minimum absolute atomic E-state index is 0.200. The van der Waals surface area contributed by atoms with Gasteiger partial charge in [0.25, 0.3) is 5.69 Å². The molecule has 1 saturated carbocycles. The minimum atomic E-state index is -0.311. The van der Waals surface area contributed by atoms with Crippen LogP contribution >= 0.6 is 0 Å². The molecule has 1 N–H and O–H groups in total. The Kier molecular flexibility index (Phi) is 4.70. The molecule has 0 aromatic carbocycles. The molecule has 1 heterocycles. The lowest BCUT2D eigenvalue weighted by Crippen LogP contribution is -2.24. The van der Waals surface area contributed by atoms with Crippen molar-refractivity contribution in [2.45, 2.75) is 46.6 Å². The molecular weight excluding hydrogens is 254 g/mol. The Hall–Kier alpha value is -1.49. The first-order valence-electron chi connectivity index (χ1n) is 7.31. The van der Waals surface area contributed by atoms with Crippen molar-refractivity contribution < 1.29 is 4.92 Å². The summed E-state index contributed by atoms with van der Waals surface area (Å²) in [4.78, 5) is 15.1. The van der Waals surface area contributed by atoms with E-state index in [0.717, 1.165) is 24.1 Å². The van der Waals surface area contributed by atoms with E-state index in [-0.39, 0.29) is 10.6 Å². The third-order valence-corrected chi connectivity index (χ3v) is 4.50. The summed E-state index contributed by atoms with van der Waals surface area (Å²) < 4.78 is 0. The van der Waals surface area contributed by atoms with Crippen LogP contribution in [0.4, 0.5) is 5.69 Å². The van der Waals surface area contributed by atoms with Gasteiger partial charge in [-0.3, -0.25) is 15.1 Å². The van der Waals surface area contributed by atoms with Gasteiger partial charge < -0.3 is 5.32 Å². The molecule has 2 atom stereocenters. The molecule has 1 aliphatic carbocycles. The molecule has 0 bridgehead atoms. The number of hydrogen-bond donors (Lipinski definition) is 1. The molecule has 0 spiro atoms. The second-order valence-corrected chi connectivity index (χ2v) is 5.92. The average Bonchev–Trinajstić information content (AvgIpc) is 2.78. The van der Waals surface area contributed by atoms with E-state index in [0.29, 0.717) is 17.7 Å². The summed E-state index contributed by atoms with van der Waals surface area (Å²) >= 11 is 0. The Morgan fingerprint density at radius 3 is 2.80 bits per heavy atom. The summed E-state index contributed by atoms with van der Waals surface area (Å²) in [6, 6.07) is 0. The topological polar surface area (TPSA) is 68.1 Å². The molecule has 1 fully saturated rings. The van der Waals surface area contributed by atoms with Gasteiger partial charge in [-0.15, -0.1) is 0 Å². The molecule has 5 heteroatoms. The summed E-state index contributed by atoms with van der Waals surface area (Å²) in [6.07, 6.45) is 5.52. The molecule has 0 saturated heterocycles. The Bertz CT molecular complexity index is 502. The number of rotatable bonds is 5. The van der Waals surface area contributed by atoms with E-state index in [2.05, 4.69) is 17.2 Å². The quantitative estimate of drug-likeness (QED) is 0.663. The van der Waals surface area contributed by atoms with Crippen LogP contribution in [0.25, 0.3) is 0 Å². The summed E-state index contributed by atoms with van der Waals surface area (Å²) in [5, 5.41) is 14.5. The average molecular weight is 277 g/mol. The largest absolute Gasteiger partial charge is 0.311 e. The second kappa shape index (κ2) is 6.31. The second-order valence-electron chi connectivity index (χ2n) is 5.92. The highest BCUT2D eigenvalue weighted by Gasteiger charge is 2.23. The molecule has 0 amide bonds. The lowest BCUT2D eigenvalue weighted by molar-refractivity contribution is -0.386. The highest BCUT2D eigenvalue weighted by molar-refractivity contribution is 5.47. The molecule has 2 rings (SSSR count). The molecule has 5 nitrogen and oxygen atoms in total. The number of nitro groups is 1. The van der Waals surface area contributed by atoms with Gasteiger partial charge in [-0.2, -0.15) is 0 Å². The van der Waals surface area contributed by atoms with Crippen molar-refractivity contribution in [2.75, 3.05) is 6.54 Å². The number of aryl methyl sites for hydroxylation is 1. The molecule has 20 heavy (non-hydrogen) atoms. The van der Waals surface area contributed by atoms with Crippen molar-refractivity contribution in [3.63, 3.8) is 0 Å². The van der Waals surface area contributed by atoms with Crippen LogP contribution in [0.2, 0.25) is 0 Å². The van der Waals surface area contributed by atoms with Crippen LogP contribution < -0.4 is 5.32 Å². The van der Waals surface area contributed by atoms with E-state index in [1.807, 2.05) is 0 Å². The maximum atomic E-state index is 11.1. The highest BCUT2D eigenvalue weighted by Crippen LogP contribution is 2.30. The SMILES string of the molecule is Cc1cnc(CNCC2CCCC2C)c(C)c1[N+](=O)[O-]. The smallest absolute Gasteiger partial charge is 0.278 e. The van der Waals surface area contributed by atoms with Gasteiger partial charge >= 0.3 is 0 Å². The summed E-state index contributed by atoms with van der Waals surface area (Å²) in [5.74, 6) is 1.51. The molecule has 110 valence electrons. The number of hydrogen-bond acceptors (Lipinski definition) is 4. The molecule has 1 aromatic rings. The summed E-state index contributed by atoms with van der Waals surface area (Å²) in [6.45, 7) is 7.41. The first kappa shape index (κ1) is 14.9. The van der Waals surface area contributed by atoms with E-state index in [1.54, 1.807) is 20.0 Å². The van der Waals surface area contributed by atoms with E-state index in [1.165, 1.54) is 19.3 Å². The Morgan fingerprint density at radius 1 is 1.45 bits per heavy atom. The van der Waals surface area contributed by atoms with Crippen molar-refractivity contribution in [1.82, 2.24) is 10.3 Å². The van der Waals surface area contributed by atoms with Crippen LogP contribution in [0.15, 0.2) is 6.20 Å². The number of nitrogens with one attached hydrogen (secondary N) is 1. The van der Waals surface area contributed by atoms with E-state index >= 15 is 0 Å². The maximum absolute atomic E-state index is 11.1. The lowest BCUT2D eigenvalue weighted by Gasteiger charge is -2.16. The van der Waals surface area contributed by atoms with Crippen LogP contribution in [0.1, 0.15) is 43.0 Å². The first-order chi connectivity index (χ1) is 9.50. The van der Waals surface area contributed by atoms with Gasteiger partial charge in [0.2, 0.25) is 0 Å². The van der Waals surface area contributed by atoms with Crippen LogP contribution in [0, 0.1) is 35.8 Å². The predicted molar refractivity (Wildman–Crippen MR) is 78.6 cm³/mol. The van der Waals surface area contributed by atoms with Gasteiger partial charge in [0, 0.05) is 23.9 Å². The van der Waals surface area contributed by atoms with E-state index < -0.39 is 0 Å². The first-order valence-corrected chi connectivity index (χ1v) is 7.31. The van der Waals surface area contributed by atoms with E-state index in [4.69, 9.17) is 0 Å². The lowest BCUT2D eigenvalue weighted by atomic mass is 9.98. The van der Waals surface area contributed by atoms with E-state index in [9.17, 15) is 10.1 Å². The zero-order valence-electron chi connectivity index (χ0n) is 12.5. The van der Waals surface area contributed by atoms with Gasteiger partial charge in [-0.05, 0) is 38.6 Å². The predicted octanol–water partition coefficient (Wildman–Crippen LogP) is 3.13.